The smallest absolute Gasteiger partial charge is 0.197 e. The van der Waals surface area contributed by atoms with Crippen LogP contribution >= 0.6 is 0 Å². The highest BCUT2D eigenvalue weighted by Gasteiger charge is 2.21. The van der Waals surface area contributed by atoms with E-state index >= 15 is 0 Å². The van der Waals surface area contributed by atoms with E-state index in [9.17, 15) is 4.79 Å². The van der Waals surface area contributed by atoms with E-state index in [2.05, 4.69) is 29.2 Å². The van der Waals surface area contributed by atoms with Gasteiger partial charge in [0, 0.05) is 32.6 Å². The van der Waals surface area contributed by atoms with Crippen molar-refractivity contribution in [2.75, 3.05) is 0 Å². The lowest BCUT2D eigenvalue weighted by Crippen LogP contribution is -2.05. The van der Waals surface area contributed by atoms with E-state index in [1.165, 1.54) is 0 Å². The van der Waals surface area contributed by atoms with Gasteiger partial charge in [0.1, 0.15) is 0 Å². The fraction of sp³-hybridized carbons (Fsp3) is 0.0370. The Morgan fingerprint density at radius 3 is 2.43 bits per heavy atom. The lowest BCUT2D eigenvalue weighted by Gasteiger charge is -2.10. The van der Waals surface area contributed by atoms with Gasteiger partial charge in [0.25, 0.3) is 0 Å². The number of carbonyl (C=O) groups excluding carboxylic acids is 1. The van der Waals surface area contributed by atoms with Crippen molar-refractivity contribution in [2.24, 2.45) is 0 Å². The zero-order valence-corrected chi connectivity index (χ0v) is 16.4. The van der Waals surface area contributed by atoms with Crippen molar-refractivity contribution in [3.8, 4) is 0 Å². The summed E-state index contributed by atoms with van der Waals surface area (Å²) in [5, 5.41) is 4.20. The van der Waals surface area contributed by atoms with E-state index in [1.807, 2.05) is 67.6 Å². The van der Waals surface area contributed by atoms with Gasteiger partial charge in [-0.15, -0.1) is 0 Å². The number of nitrogens with zero attached hydrogens (tertiary/aromatic N) is 1. The van der Waals surface area contributed by atoms with E-state index in [-0.39, 0.29) is 5.78 Å². The molecule has 0 saturated heterocycles. The lowest BCUT2D eigenvalue weighted by molar-refractivity contribution is 0.104. The molecule has 3 heteroatoms. The molecule has 30 heavy (non-hydrogen) atoms. The number of benzene rings is 4. The van der Waals surface area contributed by atoms with Crippen molar-refractivity contribution in [1.82, 2.24) is 9.97 Å². The van der Waals surface area contributed by atoms with Gasteiger partial charge in [-0.25, -0.2) is 4.98 Å². The molecule has 1 N–H and O–H groups in total. The van der Waals surface area contributed by atoms with Gasteiger partial charge < -0.3 is 4.98 Å². The Bertz CT molecular complexity index is 1600. The molecule has 0 unspecified atom stereocenters. The number of para-hydroxylation sites is 2. The third-order valence-corrected chi connectivity index (χ3v) is 5.83. The van der Waals surface area contributed by atoms with Crippen LogP contribution in [0.3, 0.4) is 0 Å². The van der Waals surface area contributed by atoms with Gasteiger partial charge in [-0.2, -0.15) is 0 Å². The second kappa shape index (κ2) is 6.26. The molecule has 0 aliphatic heterocycles. The molecule has 0 fully saturated rings. The van der Waals surface area contributed by atoms with Gasteiger partial charge >= 0.3 is 0 Å². The topological polar surface area (TPSA) is 45.8 Å². The maximum atomic E-state index is 13.7. The van der Waals surface area contributed by atoms with Crippen molar-refractivity contribution < 1.29 is 4.79 Å². The van der Waals surface area contributed by atoms with Crippen molar-refractivity contribution in [3.05, 3.63) is 102 Å². The summed E-state index contributed by atoms with van der Waals surface area (Å²) in [6.45, 7) is 2.02. The molecular weight excluding hydrogens is 368 g/mol. The summed E-state index contributed by atoms with van der Waals surface area (Å²) < 4.78 is 0. The number of fused-ring (bicyclic) bond motifs is 5. The van der Waals surface area contributed by atoms with E-state index in [1.54, 1.807) is 0 Å². The minimum atomic E-state index is -0.0139. The Morgan fingerprint density at radius 1 is 0.800 bits per heavy atom. The normalized spacial score (nSPS) is 11.6. The van der Waals surface area contributed by atoms with E-state index < -0.39 is 0 Å². The molecule has 4 aromatic carbocycles. The highest BCUT2D eigenvalue weighted by atomic mass is 16.1. The van der Waals surface area contributed by atoms with Crippen molar-refractivity contribution >= 4 is 49.4 Å². The number of aromatic amines is 1. The summed E-state index contributed by atoms with van der Waals surface area (Å²) in [5.74, 6) is -0.0139. The van der Waals surface area contributed by atoms with Gasteiger partial charge in [0.15, 0.2) is 5.78 Å². The molecule has 2 aromatic heterocycles. The zero-order chi connectivity index (χ0) is 20.2. The minimum absolute atomic E-state index is 0.0139. The Hall–Kier alpha value is -3.98. The number of H-pyrrole nitrogens is 1. The van der Waals surface area contributed by atoms with Crippen LogP contribution in [0.5, 0.6) is 0 Å². The fourth-order valence-electron chi connectivity index (χ4n) is 4.30. The molecule has 0 atom stereocenters. The number of ketones is 1. The van der Waals surface area contributed by atoms with E-state index in [4.69, 9.17) is 4.98 Å². The van der Waals surface area contributed by atoms with Gasteiger partial charge in [-0.1, -0.05) is 66.2 Å². The molecule has 3 nitrogen and oxygen atoms in total. The predicted molar refractivity (Wildman–Crippen MR) is 123 cm³/mol. The first-order valence-electron chi connectivity index (χ1n) is 10.0. The SMILES string of the molecule is Cc1ccc(C(=O)c2c3nc4ccccc4cc3cc3c2[nH]c2ccccc23)cc1. The van der Waals surface area contributed by atoms with E-state index in [0.717, 1.165) is 49.2 Å². The van der Waals surface area contributed by atoms with Gasteiger partial charge in [0.2, 0.25) is 0 Å². The highest BCUT2D eigenvalue weighted by molar-refractivity contribution is 6.27. The van der Waals surface area contributed by atoms with Crippen LogP contribution in [-0.4, -0.2) is 15.8 Å². The minimum Gasteiger partial charge on any atom is -0.354 e. The van der Waals surface area contributed by atoms with Crippen LogP contribution in [-0.2, 0) is 0 Å². The molecular formula is C27H18N2O. The molecule has 0 aliphatic carbocycles. The van der Waals surface area contributed by atoms with Crippen LogP contribution in [0.1, 0.15) is 21.5 Å². The predicted octanol–water partition coefficient (Wildman–Crippen LogP) is 6.56. The average Bonchev–Trinajstić information content (AvgIpc) is 3.14. The fourth-order valence-corrected chi connectivity index (χ4v) is 4.30. The largest absolute Gasteiger partial charge is 0.354 e. The quantitative estimate of drug-likeness (QED) is 0.270. The molecule has 0 amide bonds. The van der Waals surface area contributed by atoms with Crippen LogP contribution in [0, 0.1) is 6.92 Å². The number of nitrogens with one attached hydrogen (secondary N) is 1. The Labute approximate surface area is 173 Å². The Balaban J connectivity index is 1.78. The maximum absolute atomic E-state index is 13.7. The molecule has 0 spiro atoms. The number of pyridine rings is 1. The van der Waals surface area contributed by atoms with Crippen molar-refractivity contribution in [1.29, 1.82) is 0 Å². The van der Waals surface area contributed by atoms with Crippen LogP contribution in [0.25, 0.3) is 43.6 Å². The van der Waals surface area contributed by atoms with Crippen LogP contribution < -0.4 is 0 Å². The van der Waals surface area contributed by atoms with Gasteiger partial charge in [-0.05, 0) is 31.2 Å². The van der Waals surface area contributed by atoms with Crippen LogP contribution in [0.4, 0.5) is 0 Å². The molecule has 0 bridgehead atoms. The summed E-state index contributed by atoms with van der Waals surface area (Å²) in [5.41, 5.74) is 5.92. The van der Waals surface area contributed by atoms with Crippen molar-refractivity contribution in [2.45, 2.75) is 6.92 Å². The second-order valence-electron chi connectivity index (χ2n) is 7.79. The standard InChI is InChI=1S/C27H18N2O/c1-16-10-12-17(13-11-16)27(30)24-25-19(14-18-6-2-4-8-22(18)28-25)15-21-20-7-3-5-9-23(20)29-26(21)24/h2-15,29H,1H3. The number of carbonyl (C=O) groups is 1. The first-order chi connectivity index (χ1) is 14.7. The number of aromatic nitrogens is 2. The summed E-state index contributed by atoms with van der Waals surface area (Å²) in [7, 11) is 0. The molecule has 142 valence electrons. The van der Waals surface area contributed by atoms with Crippen LogP contribution in [0.2, 0.25) is 0 Å². The Kier molecular flexibility index (Phi) is 3.53. The molecule has 6 aromatic rings. The first-order valence-corrected chi connectivity index (χ1v) is 10.0. The number of hydrogen-bond donors (Lipinski definition) is 1. The third-order valence-electron chi connectivity index (χ3n) is 5.83. The molecule has 0 aliphatic rings. The van der Waals surface area contributed by atoms with Gasteiger partial charge in [0.05, 0.1) is 22.1 Å². The lowest BCUT2D eigenvalue weighted by atomic mass is 9.96. The summed E-state index contributed by atoms with van der Waals surface area (Å²) in [6.07, 6.45) is 0. The number of hydrogen-bond acceptors (Lipinski definition) is 2. The first kappa shape index (κ1) is 16.9. The maximum Gasteiger partial charge on any atom is 0.197 e. The monoisotopic (exact) mass is 386 g/mol. The number of aryl methyl sites for hydroxylation is 1. The Morgan fingerprint density at radius 2 is 1.57 bits per heavy atom. The molecule has 0 saturated carbocycles. The summed E-state index contributed by atoms with van der Waals surface area (Å²) >= 11 is 0. The van der Waals surface area contributed by atoms with E-state index in [0.29, 0.717) is 11.1 Å². The highest BCUT2D eigenvalue weighted by Crippen LogP contribution is 2.35. The third kappa shape index (κ3) is 2.45. The summed E-state index contributed by atoms with van der Waals surface area (Å²) in [4.78, 5) is 22.1. The second-order valence-corrected chi connectivity index (χ2v) is 7.79. The molecule has 6 rings (SSSR count). The summed E-state index contributed by atoms with van der Waals surface area (Å²) in [6, 6.07) is 28.2. The number of rotatable bonds is 2. The van der Waals surface area contributed by atoms with Crippen molar-refractivity contribution in [3.63, 3.8) is 0 Å². The molecule has 0 radical (unpaired) electrons. The van der Waals surface area contributed by atoms with Gasteiger partial charge in [-0.3, -0.25) is 4.79 Å². The zero-order valence-electron chi connectivity index (χ0n) is 16.4. The molecule has 2 heterocycles. The average molecular weight is 386 g/mol. The van der Waals surface area contributed by atoms with Crippen LogP contribution in [0.15, 0.2) is 84.9 Å².